The lowest BCUT2D eigenvalue weighted by Gasteiger charge is -2.18. The number of hydrogen-bond acceptors (Lipinski definition) is 1. The van der Waals surface area contributed by atoms with Gasteiger partial charge in [0.25, 0.3) is 0 Å². The zero-order valence-corrected chi connectivity index (χ0v) is 25.3. The van der Waals surface area contributed by atoms with Crippen LogP contribution in [0.1, 0.15) is 24.7 Å². The van der Waals surface area contributed by atoms with Crippen LogP contribution < -0.4 is 0 Å². The van der Waals surface area contributed by atoms with Gasteiger partial charge in [0.2, 0.25) is 0 Å². The number of rotatable bonds is 4. The van der Waals surface area contributed by atoms with Gasteiger partial charge in [-0.1, -0.05) is 157 Å². The largest absolute Gasteiger partial charge is 0.455 e. The number of hydrogen-bond donors (Lipinski definition) is 0. The van der Waals surface area contributed by atoms with E-state index in [0.717, 1.165) is 0 Å². The van der Waals surface area contributed by atoms with E-state index in [9.17, 15) is 5.48 Å². The van der Waals surface area contributed by atoms with Crippen molar-refractivity contribution in [2.24, 2.45) is 0 Å². The van der Waals surface area contributed by atoms with Gasteiger partial charge in [-0.15, -0.1) is 0 Å². The predicted octanol–water partition coefficient (Wildman–Crippen LogP) is 13.7. The molecule has 10 rings (SSSR count). The topological polar surface area (TPSA) is 13.1 Å². The molecule has 0 N–H and O–H groups in total. The average molecular weight is 641 g/mol. The monoisotopic (exact) mass is 640 g/mol. The highest BCUT2D eigenvalue weighted by atomic mass is 16.3. The molecule has 0 saturated heterocycles. The SMILES string of the molecule is [2H]c1c([2H])c([2H])c(-c2ccc(-c3c4c([2H])c([2H])c([2H])c([2H])c4c(-c4cccc5oc6c7ccc(-c8c([2H])c([2H])c([2H])c([2H])c8[2H])cc7ccc6c45)c4c([2H])c([2H])c([2H])c([2H])c34)cc2)c([2H])c1[2H]. The number of fused-ring (bicyclic) bond motifs is 7. The van der Waals surface area contributed by atoms with E-state index < -0.39 is 96.7 Å². The van der Waals surface area contributed by atoms with Crippen LogP contribution in [0.4, 0.5) is 0 Å². The maximum Gasteiger partial charge on any atom is 0.143 e. The Balaban J connectivity index is 1.30. The molecular weight excluding hydrogens is 593 g/mol. The van der Waals surface area contributed by atoms with Gasteiger partial charge in [-0.2, -0.15) is 0 Å². The highest BCUT2D eigenvalue weighted by Gasteiger charge is 2.21. The molecule has 0 bridgehead atoms. The van der Waals surface area contributed by atoms with Gasteiger partial charge in [-0.3, -0.25) is 0 Å². The Morgan fingerprint density at radius 3 is 1.57 bits per heavy atom. The second-order valence-corrected chi connectivity index (χ2v) is 11.5. The Morgan fingerprint density at radius 1 is 0.388 bits per heavy atom. The minimum atomic E-state index is -0.595. The second kappa shape index (κ2) is 11.1. The van der Waals surface area contributed by atoms with Gasteiger partial charge < -0.3 is 4.42 Å². The fourth-order valence-corrected chi connectivity index (χ4v) is 6.75. The van der Waals surface area contributed by atoms with Gasteiger partial charge in [0, 0.05) is 16.2 Å². The van der Waals surface area contributed by atoms with Crippen molar-refractivity contribution in [1.29, 1.82) is 0 Å². The van der Waals surface area contributed by atoms with E-state index in [1.165, 1.54) is 24.3 Å². The maximum atomic E-state index is 9.46. The molecule has 1 heteroatoms. The minimum absolute atomic E-state index is 0.0289. The zero-order chi connectivity index (χ0) is 48.0. The molecule has 0 aliphatic heterocycles. The molecule has 10 aromatic rings. The first-order chi connectivity index (χ1) is 31.8. The summed E-state index contributed by atoms with van der Waals surface area (Å²) in [6.07, 6.45) is 0. The third-order valence-corrected chi connectivity index (χ3v) is 8.87. The van der Waals surface area contributed by atoms with Crippen LogP contribution in [-0.4, -0.2) is 0 Å². The first kappa shape index (κ1) is 15.2. The lowest BCUT2D eigenvalue weighted by Crippen LogP contribution is -1.91. The molecule has 0 aliphatic rings. The van der Waals surface area contributed by atoms with Crippen LogP contribution in [0, 0.1) is 0 Å². The molecule has 228 valence electrons. The molecule has 49 heavy (non-hydrogen) atoms. The third kappa shape index (κ3) is 4.40. The molecule has 0 atom stereocenters. The summed E-state index contributed by atoms with van der Waals surface area (Å²) in [4.78, 5) is 0. The van der Waals surface area contributed by atoms with Crippen molar-refractivity contribution in [3.8, 4) is 44.5 Å². The molecule has 0 fully saturated rings. The highest BCUT2D eigenvalue weighted by molar-refractivity contribution is 6.27. The zero-order valence-electron chi connectivity index (χ0n) is 43.3. The molecule has 0 amide bonds. The van der Waals surface area contributed by atoms with Crippen molar-refractivity contribution < 1.29 is 29.1 Å². The van der Waals surface area contributed by atoms with E-state index in [1.807, 2.05) is 0 Å². The average Bonchev–Trinajstić information content (AvgIpc) is 3.72. The van der Waals surface area contributed by atoms with Gasteiger partial charge in [0.05, 0.1) is 24.7 Å². The van der Waals surface area contributed by atoms with Crippen LogP contribution in [0.25, 0.3) is 98.8 Å². The molecule has 1 heterocycles. The lowest BCUT2D eigenvalue weighted by atomic mass is 9.84. The van der Waals surface area contributed by atoms with E-state index >= 15 is 0 Å². The fraction of sp³-hybridized carbons (Fsp3) is 0. The molecule has 0 radical (unpaired) electrons. The molecule has 0 spiro atoms. The summed E-state index contributed by atoms with van der Waals surface area (Å²) in [6.45, 7) is 0. The molecule has 1 nitrogen and oxygen atoms in total. The van der Waals surface area contributed by atoms with E-state index in [1.54, 1.807) is 48.5 Å². The second-order valence-electron chi connectivity index (χ2n) is 11.5. The van der Waals surface area contributed by atoms with E-state index in [2.05, 4.69) is 0 Å². The van der Waals surface area contributed by atoms with Crippen LogP contribution in [-0.2, 0) is 0 Å². The van der Waals surface area contributed by atoms with Gasteiger partial charge in [0.1, 0.15) is 11.2 Å². The van der Waals surface area contributed by atoms with Crippen LogP contribution >= 0.6 is 0 Å². The molecule has 0 aliphatic carbocycles. The lowest BCUT2D eigenvalue weighted by molar-refractivity contribution is 0.673. The van der Waals surface area contributed by atoms with Gasteiger partial charge in [-0.25, -0.2) is 0 Å². The molecule has 0 saturated carbocycles. The Bertz CT molecular complexity index is 3760. The first-order valence-electron chi connectivity index (χ1n) is 24.4. The number of benzene rings is 9. The first-order valence-corrected chi connectivity index (χ1v) is 15.4. The molecular formula is C48H30O. The summed E-state index contributed by atoms with van der Waals surface area (Å²) in [5.41, 5.74) is 2.05. The van der Waals surface area contributed by atoms with Crippen LogP contribution in [0.15, 0.2) is 186 Å². The summed E-state index contributed by atoms with van der Waals surface area (Å²) < 4.78 is 163. The Kier molecular flexibility index (Phi) is 3.43. The molecule has 0 unspecified atom stereocenters. The van der Waals surface area contributed by atoms with Crippen molar-refractivity contribution in [2.45, 2.75) is 0 Å². The summed E-state index contributed by atoms with van der Waals surface area (Å²) in [7, 11) is 0. The van der Waals surface area contributed by atoms with Crippen molar-refractivity contribution in [1.82, 2.24) is 0 Å². The van der Waals surface area contributed by atoms with Crippen molar-refractivity contribution in [3.63, 3.8) is 0 Å². The summed E-state index contributed by atoms with van der Waals surface area (Å²) in [5, 5.41) is 2.03. The van der Waals surface area contributed by atoms with E-state index in [4.69, 9.17) is 23.6 Å². The molecule has 9 aromatic carbocycles. The normalized spacial score (nSPS) is 16.8. The smallest absolute Gasteiger partial charge is 0.143 e. The van der Waals surface area contributed by atoms with Crippen molar-refractivity contribution >= 4 is 54.3 Å². The van der Waals surface area contributed by atoms with E-state index in [-0.39, 0.29) is 67.0 Å². The Morgan fingerprint density at radius 2 is 0.918 bits per heavy atom. The van der Waals surface area contributed by atoms with Crippen LogP contribution in [0.5, 0.6) is 0 Å². The van der Waals surface area contributed by atoms with Gasteiger partial charge in [0.15, 0.2) is 0 Å². The third-order valence-electron chi connectivity index (χ3n) is 8.87. The van der Waals surface area contributed by atoms with Crippen LogP contribution in [0.3, 0.4) is 0 Å². The fourth-order valence-electron chi connectivity index (χ4n) is 6.75. The van der Waals surface area contributed by atoms with Gasteiger partial charge in [-0.05, 0) is 95.7 Å². The standard InChI is InChI=1S/C48H30O/c1-3-12-31(13-4-1)33-22-24-34(25-23-33)45-38-16-7-9-18-40(38)46(41-19-10-8-17-39(41)45)42-20-11-21-44-47(42)43-29-27-36-30-35(32-14-5-2-6-15-32)26-28-37(36)48(43)49-44/h1-30H/i1D,2D,3D,4D,5D,6D,7D,8D,9D,10D,12D,13D,14D,15D,16D,17D,18D,19D. The Hall–Kier alpha value is -6.44. The number of furan rings is 1. The summed E-state index contributed by atoms with van der Waals surface area (Å²) in [6, 6.07) is 10.7. The van der Waals surface area contributed by atoms with Crippen molar-refractivity contribution in [3.05, 3.63) is 182 Å². The quantitative estimate of drug-likeness (QED) is 0.174. The maximum absolute atomic E-state index is 9.46. The molecule has 1 aromatic heterocycles. The predicted molar refractivity (Wildman–Crippen MR) is 208 cm³/mol. The van der Waals surface area contributed by atoms with Gasteiger partial charge >= 0.3 is 0 Å². The summed E-state index contributed by atoms with van der Waals surface area (Å²) >= 11 is 0. The summed E-state index contributed by atoms with van der Waals surface area (Å²) in [5.74, 6) is 0. The highest BCUT2D eigenvalue weighted by Crippen LogP contribution is 2.47. The minimum Gasteiger partial charge on any atom is -0.455 e. The van der Waals surface area contributed by atoms with Crippen molar-refractivity contribution in [2.75, 3.05) is 0 Å². The van der Waals surface area contributed by atoms with E-state index in [0.29, 0.717) is 43.8 Å². The van der Waals surface area contributed by atoms with Crippen LogP contribution in [0.2, 0.25) is 0 Å². The Labute approximate surface area is 309 Å².